The quantitative estimate of drug-likeness (QED) is 0.479. The van der Waals surface area contributed by atoms with Gasteiger partial charge < -0.3 is 20.6 Å². The number of nitro benzene ring substituents is 1. The summed E-state index contributed by atoms with van der Waals surface area (Å²) in [6.07, 6.45) is 1.84. The predicted molar refractivity (Wildman–Crippen MR) is 82.5 cm³/mol. The smallest absolute Gasteiger partial charge is 0.292 e. The normalized spacial score (nSPS) is 16.4. The molecule has 7 heteroatoms. The molecule has 0 spiro atoms. The molecule has 0 saturated carbocycles. The summed E-state index contributed by atoms with van der Waals surface area (Å²) < 4.78 is 0. The molecule has 0 unspecified atom stereocenters. The summed E-state index contributed by atoms with van der Waals surface area (Å²) in [5, 5.41) is 20.1. The number of piperidine rings is 1. The minimum Gasteiger partial charge on any atom is -0.399 e. The van der Waals surface area contributed by atoms with E-state index in [4.69, 9.17) is 10.8 Å². The van der Waals surface area contributed by atoms with Gasteiger partial charge in [0.05, 0.1) is 11.5 Å². The molecule has 1 aliphatic rings. The number of aliphatic hydroxyl groups is 1. The Morgan fingerprint density at radius 2 is 2.14 bits per heavy atom. The zero-order valence-corrected chi connectivity index (χ0v) is 12.2. The van der Waals surface area contributed by atoms with Gasteiger partial charge in [-0.15, -0.1) is 0 Å². The second-order valence-electron chi connectivity index (χ2n) is 5.43. The number of anilines is 2. The third kappa shape index (κ3) is 3.62. The lowest BCUT2D eigenvalue weighted by atomic mass is 10.0. The molecule has 2 rings (SSSR count). The summed E-state index contributed by atoms with van der Waals surface area (Å²) in [4.78, 5) is 14.9. The van der Waals surface area contributed by atoms with Crippen LogP contribution in [0.25, 0.3) is 0 Å². The van der Waals surface area contributed by atoms with Crippen molar-refractivity contribution in [3.05, 3.63) is 28.3 Å². The maximum atomic E-state index is 11.1. The van der Waals surface area contributed by atoms with Gasteiger partial charge in [-0.1, -0.05) is 0 Å². The average molecular weight is 294 g/mol. The molecule has 0 atom stereocenters. The first-order valence-electron chi connectivity index (χ1n) is 7.13. The number of benzene rings is 1. The molecular formula is C14H22N4O3. The van der Waals surface area contributed by atoms with Crippen molar-refractivity contribution in [2.24, 2.45) is 0 Å². The SMILES string of the molecule is CN(CCO)C1CCN(c2cc(N)ccc2[N+](=O)[O-])CC1. The van der Waals surface area contributed by atoms with Gasteiger partial charge in [0.15, 0.2) is 0 Å². The topological polar surface area (TPSA) is 95.9 Å². The Morgan fingerprint density at radius 1 is 1.48 bits per heavy atom. The average Bonchev–Trinajstić information content (AvgIpc) is 2.47. The zero-order valence-electron chi connectivity index (χ0n) is 12.2. The van der Waals surface area contributed by atoms with Crippen LogP contribution in [0.3, 0.4) is 0 Å². The maximum Gasteiger partial charge on any atom is 0.292 e. The van der Waals surface area contributed by atoms with E-state index in [2.05, 4.69) is 4.90 Å². The van der Waals surface area contributed by atoms with E-state index < -0.39 is 0 Å². The highest BCUT2D eigenvalue weighted by molar-refractivity contribution is 5.68. The molecule has 7 nitrogen and oxygen atoms in total. The van der Waals surface area contributed by atoms with E-state index in [1.165, 1.54) is 6.07 Å². The fourth-order valence-corrected chi connectivity index (χ4v) is 2.84. The number of aliphatic hydroxyl groups excluding tert-OH is 1. The first-order chi connectivity index (χ1) is 10.0. The van der Waals surface area contributed by atoms with Gasteiger partial charge in [-0.3, -0.25) is 10.1 Å². The van der Waals surface area contributed by atoms with Crippen LogP contribution in [0, 0.1) is 10.1 Å². The number of likely N-dealkylation sites (N-methyl/N-ethyl adjacent to an activating group) is 1. The standard InChI is InChI=1S/C14H22N4O3/c1-16(8-9-19)12-4-6-17(7-5-12)14-10-11(15)2-3-13(14)18(20)21/h2-3,10,12,19H,4-9,15H2,1H3. The molecule has 0 aromatic heterocycles. The van der Waals surface area contributed by atoms with E-state index in [1.807, 2.05) is 11.9 Å². The van der Waals surface area contributed by atoms with Crippen molar-refractivity contribution in [3.8, 4) is 0 Å². The van der Waals surface area contributed by atoms with Gasteiger partial charge in [0, 0.05) is 37.4 Å². The van der Waals surface area contributed by atoms with Crippen LogP contribution in [0.5, 0.6) is 0 Å². The van der Waals surface area contributed by atoms with Crippen LogP contribution in [-0.2, 0) is 0 Å². The number of hydrogen-bond acceptors (Lipinski definition) is 6. The monoisotopic (exact) mass is 294 g/mol. The number of rotatable bonds is 5. The second kappa shape index (κ2) is 6.73. The summed E-state index contributed by atoms with van der Waals surface area (Å²) in [6.45, 7) is 2.32. The van der Waals surface area contributed by atoms with Crippen molar-refractivity contribution < 1.29 is 10.0 Å². The van der Waals surface area contributed by atoms with Crippen molar-refractivity contribution in [1.82, 2.24) is 4.90 Å². The maximum absolute atomic E-state index is 11.1. The van der Waals surface area contributed by atoms with Crippen LogP contribution in [0.4, 0.5) is 17.1 Å². The van der Waals surface area contributed by atoms with Crippen molar-refractivity contribution in [2.45, 2.75) is 18.9 Å². The first-order valence-corrected chi connectivity index (χ1v) is 7.13. The van der Waals surface area contributed by atoms with Gasteiger partial charge in [-0.25, -0.2) is 0 Å². The summed E-state index contributed by atoms with van der Waals surface area (Å²) in [6, 6.07) is 5.11. The van der Waals surface area contributed by atoms with Crippen molar-refractivity contribution >= 4 is 17.1 Å². The molecule has 1 aromatic carbocycles. The molecule has 116 valence electrons. The minimum absolute atomic E-state index is 0.103. The van der Waals surface area contributed by atoms with Crippen molar-refractivity contribution in [3.63, 3.8) is 0 Å². The Kier molecular flexibility index (Phi) is 4.98. The Bertz CT molecular complexity index is 501. The highest BCUT2D eigenvalue weighted by Gasteiger charge is 2.26. The number of nitrogens with zero attached hydrogens (tertiary/aromatic N) is 3. The fourth-order valence-electron chi connectivity index (χ4n) is 2.84. The minimum atomic E-state index is -0.362. The van der Waals surface area contributed by atoms with E-state index in [-0.39, 0.29) is 17.2 Å². The third-order valence-electron chi connectivity index (χ3n) is 4.08. The Hall–Kier alpha value is -1.86. The van der Waals surface area contributed by atoms with Gasteiger partial charge in [-0.2, -0.15) is 0 Å². The lowest BCUT2D eigenvalue weighted by molar-refractivity contribution is -0.384. The molecule has 0 amide bonds. The molecule has 0 radical (unpaired) electrons. The lowest BCUT2D eigenvalue weighted by Gasteiger charge is -2.37. The molecule has 1 heterocycles. The molecule has 1 aromatic rings. The van der Waals surface area contributed by atoms with Crippen molar-refractivity contribution in [2.75, 3.05) is 43.9 Å². The summed E-state index contributed by atoms with van der Waals surface area (Å²) in [5.41, 5.74) is 7.00. The van der Waals surface area contributed by atoms with Gasteiger partial charge >= 0.3 is 0 Å². The van der Waals surface area contributed by atoms with E-state index in [9.17, 15) is 10.1 Å². The Morgan fingerprint density at radius 3 is 2.71 bits per heavy atom. The van der Waals surface area contributed by atoms with Crippen LogP contribution >= 0.6 is 0 Å². The fraction of sp³-hybridized carbons (Fsp3) is 0.571. The Balaban J connectivity index is 2.08. The highest BCUT2D eigenvalue weighted by Crippen LogP contribution is 2.32. The molecule has 0 aliphatic carbocycles. The lowest BCUT2D eigenvalue weighted by Crippen LogP contribution is -2.44. The molecule has 3 N–H and O–H groups in total. The molecule has 1 saturated heterocycles. The molecule has 1 fully saturated rings. The molecular weight excluding hydrogens is 272 g/mol. The first kappa shape index (κ1) is 15.5. The second-order valence-corrected chi connectivity index (χ2v) is 5.43. The summed E-state index contributed by atoms with van der Waals surface area (Å²) >= 11 is 0. The van der Waals surface area contributed by atoms with E-state index in [0.717, 1.165) is 25.9 Å². The Labute approximate surface area is 124 Å². The predicted octanol–water partition coefficient (Wildman–Crippen LogP) is 1.07. The van der Waals surface area contributed by atoms with Crippen LogP contribution < -0.4 is 10.6 Å². The van der Waals surface area contributed by atoms with Gasteiger partial charge in [0.25, 0.3) is 5.69 Å². The van der Waals surface area contributed by atoms with Gasteiger partial charge in [-0.05, 0) is 32.0 Å². The van der Waals surface area contributed by atoms with Crippen LogP contribution in [-0.4, -0.2) is 54.3 Å². The zero-order chi connectivity index (χ0) is 15.4. The molecule has 1 aliphatic heterocycles. The van der Waals surface area contributed by atoms with Gasteiger partial charge in [0.1, 0.15) is 5.69 Å². The molecule has 21 heavy (non-hydrogen) atoms. The van der Waals surface area contributed by atoms with Crippen molar-refractivity contribution in [1.29, 1.82) is 0 Å². The summed E-state index contributed by atoms with van der Waals surface area (Å²) in [5.74, 6) is 0. The van der Waals surface area contributed by atoms with E-state index in [0.29, 0.717) is 24.0 Å². The number of nitrogen functional groups attached to an aromatic ring is 1. The van der Waals surface area contributed by atoms with Crippen LogP contribution in [0.15, 0.2) is 18.2 Å². The van der Waals surface area contributed by atoms with E-state index >= 15 is 0 Å². The third-order valence-corrected chi connectivity index (χ3v) is 4.08. The van der Waals surface area contributed by atoms with Crippen LogP contribution in [0.2, 0.25) is 0 Å². The number of nitrogens with two attached hydrogens (primary N) is 1. The molecule has 0 bridgehead atoms. The van der Waals surface area contributed by atoms with Crippen LogP contribution in [0.1, 0.15) is 12.8 Å². The van der Waals surface area contributed by atoms with Gasteiger partial charge in [0.2, 0.25) is 0 Å². The van der Waals surface area contributed by atoms with E-state index in [1.54, 1.807) is 12.1 Å². The summed E-state index contributed by atoms with van der Waals surface area (Å²) in [7, 11) is 2.00. The number of hydrogen-bond donors (Lipinski definition) is 2. The largest absolute Gasteiger partial charge is 0.399 e. The number of nitro groups is 1. The highest BCUT2D eigenvalue weighted by atomic mass is 16.6.